The van der Waals surface area contributed by atoms with Crippen LogP contribution in [0.1, 0.15) is 10.5 Å². The summed E-state index contributed by atoms with van der Waals surface area (Å²) in [6.45, 7) is 0.0822. The number of carbonyl (C=O) groups is 2. The number of methoxy groups -OCH3 is 1. The molecule has 1 aromatic rings. The minimum Gasteiger partial charge on any atom is -0.468 e. The first kappa shape index (κ1) is 14.4. The van der Waals surface area contributed by atoms with Crippen molar-refractivity contribution in [2.45, 2.75) is 3.92 Å². The van der Waals surface area contributed by atoms with Crippen LogP contribution in [0.3, 0.4) is 0 Å². The number of amides is 1. The van der Waals surface area contributed by atoms with Gasteiger partial charge in [0.05, 0.1) is 7.11 Å². The first-order valence-corrected chi connectivity index (χ1v) is 6.03. The molecule has 98 valence electrons. The number of aromatic amines is 1. The Balaban J connectivity index is 2.55. The van der Waals surface area contributed by atoms with Gasteiger partial charge in [-0.15, -0.1) is 0 Å². The van der Waals surface area contributed by atoms with E-state index in [1.807, 2.05) is 22.6 Å². The lowest BCUT2D eigenvalue weighted by Gasteiger charge is -2.07. The van der Waals surface area contributed by atoms with E-state index in [2.05, 4.69) is 15.0 Å². The lowest BCUT2D eigenvalue weighted by Crippen LogP contribution is -2.34. The second-order valence-corrected chi connectivity index (χ2v) is 4.72. The Labute approximate surface area is 115 Å². The predicted molar refractivity (Wildman–Crippen MR) is 69.6 cm³/mol. The second-order valence-electron chi connectivity index (χ2n) is 3.22. The molecular weight excluding hydrogens is 357 g/mol. The molecule has 9 heteroatoms. The van der Waals surface area contributed by atoms with Crippen LogP contribution >= 0.6 is 22.6 Å². The largest absolute Gasteiger partial charge is 0.468 e. The third-order valence-corrected chi connectivity index (χ3v) is 2.96. The van der Waals surface area contributed by atoms with Gasteiger partial charge < -0.3 is 20.2 Å². The van der Waals surface area contributed by atoms with Gasteiger partial charge in [0.1, 0.15) is 3.92 Å². The standard InChI is InChI=1S/C9H10IN3O5/c1-18-9(15)5(10)4-11-8(14)6-2-3-7(12-6)13(16)17/h2-3,5,12H,4H2,1H3,(H,11,14). The zero-order valence-electron chi connectivity index (χ0n) is 9.31. The molecule has 0 aliphatic heterocycles. The van der Waals surface area contributed by atoms with Crippen LogP contribution in [0.15, 0.2) is 12.1 Å². The molecule has 1 rings (SSSR count). The molecule has 0 aliphatic rings. The summed E-state index contributed by atoms with van der Waals surface area (Å²) < 4.78 is 3.98. The van der Waals surface area contributed by atoms with Crippen molar-refractivity contribution in [2.75, 3.05) is 13.7 Å². The number of rotatable bonds is 5. The van der Waals surface area contributed by atoms with Crippen LogP contribution in [0.5, 0.6) is 0 Å². The highest BCUT2D eigenvalue weighted by atomic mass is 127. The van der Waals surface area contributed by atoms with Gasteiger partial charge in [-0.25, -0.2) is 4.98 Å². The molecule has 0 fully saturated rings. The molecule has 1 atom stereocenters. The van der Waals surface area contributed by atoms with Crippen LogP contribution in [0.4, 0.5) is 5.82 Å². The highest BCUT2D eigenvalue weighted by molar-refractivity contribution is 14.1. The van der Waals surface area contributed by atoms with Crippen LogP contribution in [-0.2, 0) is 9.53 Å². The number of aromatic nitrogens is 1. The average Bonchev–Trinajstić information content (AvgIpc) is 2.84. The van der Waals surface area contributed by atoms with Crippen molar-refractivity contribution in [2.24, 2.45) is 0 Å². The van der Waals surface area contributed by atoms with Crippen molar-refractivity contribution in [3.8, 4) is 0 Å². The van der Waals surface area contributed by atoms with Crippen LogP contribution in [0, 0.1) is 10.1 Å². The molecule has 0 bridgehead atoms. The number of nitrogens with one attached hydrogen (secondary N) is 2. The lowest BCUT2D eigenvalue weighted by molar-refractivity contribution is -0.389. The van der Waals surface area contributed by atoms with Crippen LogP contribution in [-0.4, -0.2) is 39.4 Å². The van der Waals surface area contributed by atoms with E-state index in [0.29, 0.717) is 0 Å². The molecule has 0 aromatic carbocycles. The fourth-order valence-corrected chi connectivity index (χ4v) is 1.59. The third kappa shape index (κ3) is 3.68. The van der Waals surface area contributed by atoms with Gasteiger partial charge >= 0.3 is 11.8 Å². The summed E-state index contributed by atoms with van der Waals surface area (Å²) in [7, 11) is 1.25. The maximum atomic E-state index is 11.6. The number of carbonyl (C=O) groups excluding carboxylic acids is 2. The van der Waals surface area contributed by atoms with Crippen molar-refractivity contribution in [3.05, 3.63) is 27.9 Å². The first-order valence-electron chi connectivity index (χ1n) is 4.79. The van der Waals surface area contributed by atoms with Crippen LogP contribution in [0.2, 0.25) is 0 Å². The van der Waals surface area contributed by atoms with E-state index in [-0.39, 0.29) is 18.1 Å². The van der Waals surface area contributed by atoms with Crippen molar-refractivity contribution < 1.29 is 19.2 Å². The van der Waals surface area contributed by atoms with Gasteiger partial charge in [-0.1, -0.05) is 22.6 Å². The minimum atomic E-state index is -0.633. The maximum absolute atomic E-state index is 11.6. The predicted octanol–water partition coefficient (Wildman–Crippen LogP) is 0.629. The Morgan fingerprint density at radius 3 is 2.78 bits per heavy atom. The van der Waals surface area contributed by atoms with Crippen molar-refractivity contribution in [1.82, 2.24) is 10.3 Å². The zero-order chi connectivity index (χ0) is 13.7. The molecule has 1 amide bonds. The summed E-state index contributed by atoms with van der Waals surface area (Å²) in [5.41, 5.74) is 0.0650. The molecule has 0 saturated heterocycles. The number of hydrogen-bond acceptors (Lipinski definition) is 5. The van der Waals surface area contributed by atoms with E-state index < -0.39 is 20.7 Å². The molecule has 2 N–H and O–H groups in total. The van der Waals surface area contributed by atoms with E-state index >= 15 is 0 Å². The van der Waals surface area contributed by atoms with E-state index in [1.165, 1.54) is 19.2 Å². The first-order chi connectivity index (χ1) is 8.45. The van der Waals surface area contributed by atoms with Crippen molar-refractivity contribution >= 4 is 40.3 Å². The summed E-state index contributed by atoms with van der Waals surface area (Å²) in [5, 5.41) is 12.9. The Kier molecular flexibility index (Phi) is 5.07. The number of hydrogen-bond donors (Lipinski definition) is 2. The van der Waals surface area contributed by atoms with Gasteiger partial charge in [0, 0.05) is 12.6 Å². The number of alkyl halides is 1. The molecule has 0 saturated carbocycles. The third-order valence-electron chi connectivity index (χ3n) is 2.01. The van der Waals surface area contributed by atoms with Gasteiger partial charge in [0.25, 0.3) is 5.91 Å². The maximum Gasteiger partial charge on any atom is 0.321 e. The normalized spacial score (nSPS) is 11.7. The lowest BCUT2D eigenvalue weighted by atomic mass is 10.3. The van der Waals surface area contributed by atoms with Gasteiger partial charge in [-0.3, -0.25) is 9.59 Å². The van der Waals surface area contributed by atoms with Crippen molar-refractivity contribution in [3.63, 3.8) is 0 Å². The molecule has 1 aromatic heterocycles. The summed E-state index contributed by atoms with van der Waals surface area (Å²) in [4.78, 5) is 34.8. The Morgan fingerprint density at radius 1 is 1.61 bits per heavy atom. The SMILES string of the molecule is COC(=O)C(I)CNC(=O)c1ccc([N+](=O)[O-])[nH]1. The van der Waals surface area contributed by atoms with Gasteiger partial charge in [0.15, 0.2) is 5.69 Å². The molecular formula is C9H10IN3O5. The van der Waals surface area contributed by atoms with Crippen LogP contribution in [0.25, 0.3) is 0 Å². The van der Waals surface area contributed by atoms with E-state index in [9.17, 15) is 19.7 Å². The highest BCUT2D eigenvalue weighted by Crippen LogP contribution is 2.10. The second kappa shape index (κ2) is 6.33. The van der Waals surface area contributed by atoms with Crippen LogP contribution < -0.4 is 5.32 Å². The highest BCUT2D eigenvalue weighted by Gasteiger charge is 2.19. The summed E-state index contributed by atoms with van der Waals surface area (Å²) in [5.74, 6) is -1.24. The van der Waals surface area contributed by atoms with E-state index in [0.717, 1.165) is 0 Å². The number of nitro groups is 1. The van der Waals surface area contributed by atoms with Gasteiger partial charge in [-0.05, 0) is 11.0 Å². The fraction of sp³-hybridized carbons (Fsp3) is 0.333. The Hall–Kier alpha value is -1.65. The minimum absolute atomic E-state index is 0.0650. The Bertz CT molecular complexity index is 473. The number of ether oxygens (including phenoxy) is 1. The molecule has 0 spiro atoms. The summed E-state index contributed by atoms with van der Waals surface area (Å²) >= 11 is 1.83. The smallest absolute Gasteiger partial charge is 0.321 e. The monoisotopic (exact) mass is 367 g/mol. The zero-order valence-corrected chi connectivity index (χ0v) is 11.5. The Morgan fingerprint density at radius 2 is 2.28 bits per heavy atom. The number of halogens is 1. The number of H-pyrrole nitrogens is 1. The molecule has 8 nitrogen and oxygen atoms in total. The fourth-order valence-electron chi connectivity index (χ4n) is 1.11. The van der Waals surface area contributed by atoms with E-state index in [4.69, 9.17) is 0 Å². The summed E-state index contributed by atoms with van der Waals surface area (Å²) in [6.07, 6.45) is 0. The number of nitrogens with zero attached hydrogens (tertiary/aromatic N) is 1. The molecule has 0 radical (unpaired) electrons. The molecule has 18 heavy (non-hydrogen) atoms. The quantitative estimate of drug-likeness (QED) is 0.261. The van der Waals surface area contributed by atoms with E-state index in [1.54, 1.807) is 0 Å². The average molecular weight is 367 g/mol. The summed E-state index contributed by atoms with van der Waals surface area (Å²) in [6, 6.07) is 2.49. The van der Waals surface area contributed by atoms with Gasteiger partial charge in [-0.2, -0.15) is 0 Å². The topological polar surface area (TPSA) is 114 Å². The van der Waals surface area contributed by atoms with Gasteiger partial charge in [0.2, 0.25) is 0 Å². The number of esters is 1. The molecule has 1 unspecified atom stereocenters. The molecule has 0 aliphatic carbocycles. The van der Waals surface area contributed by atoms with Crippen molar-refractivity contribution in [1.29, 1.82) is 0 Å². The molecule has 1 heterocycles.